The van der Waals surface area contributed by atoms with Crippen molar-refractivity contribution in [1.82, 2.24) is 9.80 Å². The Morgan fingerprint density at radius 1 is 1.31 bits per heavy atom. The van der Waals surface area contributed by atoms with E-state index < -0.39 is 0 Å². The predicted molar refractivity (Wildman–Crippen MR) is 62.2 cm³/mol. The van der Waals surface area contributed by atoms with Crippen LogP contribution in [-0.2, 0) is 9.53 Å². The summed E-state index contributed by atoms with van der Waals surface area (Å²) in [5, 5.41) is 0. The summed E-state index contributed by atoms with van der Waals surface area (Å²) < 4.78 is 4.92. The third kappa shape index (κ3) is 2.38. The molecular weight excluding hydrogens is 204 g/mol. The number of carbonyl (C=O) groups is 1. The lowest BCUT2D eigenvalue weighted by Crippen LogP contribution is -2.58. The lowest BCUT2D eigenvalue weighted by molar-refractivity contribution is -0.150. The lowest BCUT2D eigenvalue weighted by Gasteiger charge is -2.41. The molecule has 0 aromatic carbocycles. The maximum atomic E-state index is 11.8. The highest BCUT2D eigenvalue weighted by molar-refractivity contribution is 5.76. The van der Waals surface area contributed by atoms with E-state index in [2.05, 4.69) is 23.6 Å². The molecule has 0 unspecified atom stereocenters. The van der Waals surface area contributed by atoms with Gasteiger partial charge in [-0.25, -0.2) is 0 Å². The number of hydrogen-bond acceptors (Lipinski definition) is 4. The number of carbonyl (C=O) groups excluding carboxylic acids is 1. The molecule has 0 spiro atoms. The van der Waals surface area contributed by atoms with Crippen molar-refractivity contribution in [3.8, 4) is 0 Å². The van der Waals surface area contributed by atoms with E-state index in [1.54, 1.807) is 0 Å². The Hall–Kier alpha value is -0.610. The van der Waals surface area contributed by atoms with Gasteiger partial charge in [-0.05, 0) is 26.7 Å². The molecule has 1 heterocycles. The molecule has 16 heavy (non-hydrogen) atoms. The highest BCUT2D eigenvalue weighted by Gasteiger charge is 2.41. The molecule has 2 rings (SSSR count). The fourth-order valence-corrected chi connectivity index (χ4v) is 2.48. The molecule has 2 fully saturated rings. The van der Waals surface area contributed by atoms with Gasteiger partial charge < -0.3 is 4.74 Å². The molecule has 0 N–H and O–H groups in total. The van der Waals surface area contributed by atoms with Gasteiger partial charge in [0.15, 0.2) is 0 Å². The SMILES string of the molecule is COC(=O)[C@H]1CN(C(C)C)CCN1C1CC1. The fraction of sp³-hybridized carbons (Fsp3) is 0.917. The van der Waals surface area contributed by atoms with E-state index in [1.807, 2.05) is 0 Å². The van der Waals surface area contributed by atoms with E-state index in [9.17, 15) is 4.79 Å². The first-order chi connectivity index (χ1) is 7.63. The van der Waals surface area contributed by atoms with Gasteiger partial charge in [0.1, 0.15) is 6.04 Å². The molecule has 0 aromatic heterocycles. The zero-order chi connectivity index (χ0) is 11.7. The van der Waals surface area contributed by atoms with Gasteiger partial charge in [-0.15, -0.1) is 0 Å². The Morgan fingerprint density at radius 3 is 2.50 bits per heavy atom. The van der Waals surface area contributed by atoms with Crippen molar-refractivity contribution < 1.29 is 9.53 Å². The highest BCUT2D eigenvalue weighted by atomic mass is 16.5. The largest absolute Gasteiger partial charge is 0.468 e. The standard InChI is InChI=1S/C12H22N2O2/c1-9(2)13-6-7-14(10-4-5-10)11(8-13)12(15)16-3/h9-11H,4-8H2,1-3H3/t11-/m1/s1. The Kier molecular flexibility index (Phi) is 3.50. The van der Waals surface area contributed by atoms with Crippen LogP contribution in [0.4, 0.5) is 0 Å². The second kappa shape index (κ2) is 4.72. The van der Waals surface area contributed by atoms with Crippen molar-refractivity contribution >= 4 is 5.97 Å². The van der Waals surface area contributed by atoms with Crippen LogP contribution in [0.2, 0.25) is 0 Å². The number of hydrogen-bond donors (Lipinski definition) is 0. The van der Waals surface area contributed by atoms with Crippen molar-refractivity contribution in [3.05, 3.63) is 0 Å². The van der Waals surface area contributed by atoms with Crippen LogP contribution in [-0.4, -0.2) is 60.6 Å². The zero-order valence-electron chi connectivity index (χ0n) is 10.5. The van der Waals surface area contributed by atoms with E-state index in [0.717, 1.165) is 19.6 Å². The first kappa shape index (κ1) is 11.9. The summed E-state index contributed by atoms with van der Waals surface area (Å²) >= 11 is 0. The summed E-state index contributed by atoms with van der Waals surface area (Å²) in [4.78, 5) is 16.5. The van der Waals surface area contributed by atoms with E-state index >= 15 is 0 Å². The summed E-state index contributed by atoms with van der Waals surface area (Å²) in [7, 11) is 1.49. The Bertz CT molecular complexity index is 264. The van der Waals surface area contributed by atoms with Gasteiger partial charge in [-0.2, -0.15) is 0 Å². The second-order valence-electron chi connectivity index (χ2n) is 5.10. The minimum absolute atomic E-state index is 0.0475. The quantitative estimate of drug-likeness (QED) is 0.664. The number of ether oxygens (including phenoxy) is 1. The maximum absolute atomic E-state index is 11.8. The summed E-state index contributed by atoms with van der Waals surface area (Å²) in [5.74, 6) is -0.0720. The maximum Gasteiger partial charge on any atom is 0.324 e. The smallest absolute Gasteiger partial charge is 0.324 e. The normalized spacial score (nSPS) is 28.4. The van der Waals surface area contributed by atoms with Crippen molar-refractivity contribution in [1.29, 1.82) is 0 Å². The molecule has 1 atom stereocenters. The average Bonchev–Trinajstić information content (AvgIpc) is 3.11. The van der Waals surface area contributed by atoms with Gasteiger partial charge in [0.05, 0.1) is 7.11 Å². The molecule has 1 aliphatic carbocycles. The number of piperazine rings is 1. The first-order valence-electron chi connectivity index (χ1n) is 6.21. The zero-order valence-corrected chi connectivity index (χ0v) is 10.5. The van der Waals surface area contributed by atoms with Gasteiger partial charge >= 0.3 is 5.97 Å². The van der Waals surface area contributed by atoms with Crippen LogP contribution in [0.3, 0.4) is 0 Å². The molecule has 0 bridgehead atoms. The third-order valence-electron chi connectivity index (χ3n) is 3.67. The van der Waals surface area contributed by atoms with Gasteiger partial charge in [0.25, 0.3) is 0 Å². The van der Waals surface area contributed by atoms with E-state index in [0.29, 0.717) is 12.1 Å². The molecule has 4 heteroatoms. The Labute approximate surface area is 97.5 Å². The minimum Gasteiger partial charge on any atom is -0.468 e. The molecule has 0 amide bonds. The molecule has 1 saturated carbocycles. The molecule has 4 nitrogen and oxygen atoms in total. The van der Waals surface area contributed by atoms with Crippen LogP contribution in [0.1, 0.15) is 26.7 Å². The lowest BCUT2D eigenvalue weighted by atomic mass is 10.1. The van der Waals surface area contributed by atoms with E-state index in [1.165, 1.54) is 20.0 Å². The predicted octanol–water partition coefficient (Wildman–Crippen LogP) is 0.716. The second-order valence-corrected chi connectivity index (χ2v) is 5.10. The summed E-state index contributed by atoms with van der Waals surface area (Å²) in [5.41, 5.74) is 0. The molecule has 1 aliphatic heterocycles. The molecule has 0 aromatic rings. The van der Waals surface area contributed by atoms with Crippen molar-refractivity contribution in [2.75, 3.05) is 26.7 Å². The highest BCUT2D eigenvalue weighted by Crippen LogP contribution is 2.30. The van der Waals surface area contributed by atoms with Gasteiger partial charge in [-0.1, -0.05) is 0 Å². The topological polar surface area (TPSA) is 32.8 Å². The van der Waals surface area contributed by atoms with Gasteiger partial charge in [-0.3, -0.25) is 14.6 Å². The average molecular weight is 226 g/mol. The first-order valence-corrected chi connectivity index (χ1v) is 6.21. The van der Waals surface area contributed by atoms with Crippen LogP contribution < -0.4 is 0 Å². The van der Waals surface area contributed by atoms with Gasteiger partial charge in [0.2, 0.25) is 0 Å². The van der Waals surface area contributed by atoms with Crippen LogP contribution in [0.25, 0.3) is 0 Å². The number of methoxy groups -OCH3 is 1. The van der Waals surface area contributed by atoms with Crippen LogP contribution >= 0.6 is 0 Å². The molecule has 0 radical (unpaired) electrons. The van der Waals surface area contributed by atoms with Gasteiger partial charge in [0, 0.05) is 31.7 Å². The van der Waals surface area contributed by atoms with E-state index in [-0.39, 0.29) is 12.0 Å². The van der Waals surface area contributed by atoms with Crippen molar-refractivity contribution in [3.63, 3.8) is 0 Å². The molecule has 92 valence electrons. The van der Waals surface area contributed by atoms with Crippen LogP contribution in [0.5, 0.6) is 0 Å². The van der Waals surface area contributed by atoms with Crippen molar-refractivity contribution in [2.24, 2.45) is 0 Å². The minimum atomic E-state index is -0.0720. The Balaban J connectivity index is 2.03. The Morgan fingerprint density at radius 2 is 2.00 bits per heavy atom. The van der Waals surface area contributed by atoms with Crippen molar-refractivity contribution in [2.45, 2.75) is 44.8 Å². The summed E-state index contributed by atoms with van der Waals surface area (Å²) in [6, 6.07) is 1.10. The van der Waals surface area contributed by atoms with E-state index in [4.69, 9.17) is 4.74 Å². The third-order valence-corrected chi connectivity index (χ3v) is 3.67. The molecule has 1 saturated heterocycles. The monoisotopic (exact) mass is 226 g/mol. The molecule has 2 aliphatic rings. The summed E-state index contributed by atoms with van der Waals surface area (Å²) in [6.07, 6.45) is 2.49. The summed E-state index contributed by atoms with van der Waals surface area (Å²) in [6.45, 7) is 7.26. The van der Waals surface area contributed by atoms with Crippen LogP contribution in [0.15, 0.2) is 0 Å². The van der Waals surface area contributed by atoms with Crippen LogP contribution in [0, 0.1) is 0 Å². The molecular formula is C12H22N2O2. The number of nitrogens with zero attached hydrogens (tertiary/aromatic N) is 2. The number of rotatable bonds is 3. The number of esters is 1. The fourth-order valence-electron chi connectivity index (χ4n) is 2.48.